The Labute approximate surface area is 103 Å². The molecule has 5 nitrogen and oxygen atoms in total. The molecule has 2 aromatic heterocycles. The van der Waals surface area contributed by atoms with E-state index in [9.17, 15) is 4.79 Å². The average Bonchev–Trinajstić information content (AvgIpc) is 2.98. The molecule has 90 valence electrons. The zero-order valence-corrected chi connectivity index (χ0v) is 10.5. The van der Waals surface area contributed by atoms with Crippen LogP contribution in [0.5, 0.6) is 0 Å². The molecule has 0 fully saturated rings. The lowest BCUT2D eigenvalue weighted by Crippen LogP contribution is -2.03. The molecule has 0 aromatic carbocycles. The summed E-state index contributed by atoms with van der Waals surface area (Å²) >= 11 is 1.56. The third kappa shape index (κ3) is 2.52. The van der Waals surface area contributed by atoms with E-state index in [1.807, 2.05) is 6.20 Å². The zero-order valence-electron chi connectivity index (χ0n) is 9.71. The van der Waals surface area contributed by atoms with Gasteiger partial charge in [0.05, 0.1) is 18.4 Å². The molecular formula is C11H13N3O2S. The molecule has 2 aromatic rings. The largest absolute Gasteiger partial charge is 0.462 e. The lowest BCUT2D eigenvalue weighted by Gasteiger charge is -1.96. The molecule has 0 spiro atoms. The number of carbonyl (C=O) groups is 1. The minimum atomic E-state index is -0.356. The van der Waals surface area contributed by atoms with Crippen molar-refractivity contribution in [3.63, 3.8) is 0 Å². The molecule has 0 aliphatic heterocycles. The lowest BCUT2D eigenvalue weighted by atomic mass is 10.4. The Hall–Kier alpha value is -1.69. The van der Waals surface area contributed by atoms with Gasteiger partial charge in [0.1, 0.15) is 0 Å². The van der Waals surface area contributed by atoms with E-state index in [2.05, 4.69) is 17.0 Å². The molecule has 0 radical (unpaired) electrons. The molecule has 6 heteroatoms. The van der Waals surface area contributed by atoms with Gasteiger partial charge in [0, 0.05) is 17.3 Å². The van der Waals surface area contributed by atoms with Crippen molar-refractivity contribution in [1.82, 2.24) is 14.8 Å². The van der Waals surface area contributed by atoms with E-state index in [-0.39, 0.29) is 5.97 Å². The van der Waals surface area contributed by atoms with Gasteiger partial charge in [-0.1, -0.05) is 18.3 Å². The molecule has 0 bridgehead atoms. The fourth-order valence-electron chi connectivity index (χ4n) is 1.31. The highest BCUT2D eigenvalue weighted by Gasteiger charge is 2.11. The van der Waals surface area contributed by atoms with Gasteiger partial charge in [0.15, 0.2) is 0 Å². The highest BCUT2D eigenvalue weighted by atomic mass is 32.1. The molecular weight excluding hydrogens is 238 g/mol. The monoisotopic (exact) mass is 251 g/mol. The number of thiazole rings is 1. The Kier molecular flexibility index (Phi) is 3.53. The summed E-state index contributed by atoms with van der Waals surface area (Å²) in [5, 5.41) is 4.86. The second-order valence-corrected chi connectivity index (χ2v) is 4.45. The Morgan fingerprint density at radius 1 is 1.47 bits per heavy atom. The number of rotatable bonds is 4. The van der Waals surface area contributed by atoms with E-state index in [1.54, 1.807) is 29.1 Å². The van der Waals surface area contributed by atoms with Crippen LogP contribution in [0.2, 0.25) is 0 Å². The van der Waals surface area contributed by atoms with E-state index in [0.29, 0.717) is 12.2 Å². The molecule has 0 saturated carbocycles. The van der Waals surface area contributed by atoms with Gasteiger partial charge in [-0.3, -0.25) is 0 Å². The number of aryl methyl sites for hydroxylation is 1. The predicted octanol–water partition coefficient (Wildman–Crippen LogP) is 2.07. The molecule has 0 atom stereocenters. The number of ether oxygens (including phenoxy) is 1. The molecule has 0 aliphatic rings. The van der Waals surface area contributed by atoms with Crippen LogP contribution in [0.1, 0.15) is 29.1 Å². The quantitative estimate of drug-likeness (QED) is 0.780. The summed E-state index contributed by atoms with van der Waals surface area (Å²) in [6.45, 7) is 4.21. The van der Waals surface area contributed by atoms with Gasteiger partial charge in [-0.05, 0) is 13.3 Å². The summed E-state index contributed by atoms with van der Waals surface area (Å²) in [6, 6.07) is 0. The summed E-state index contributed by atoms with van der Waals surface area (Å²) in [6.07, 6.45) is 5.90. The fraction of sp³-hybridized carbons (Fsp3) is 0.364. The minimum absolute atomic E-state index is 0.356. The number of hydrogen-bond acceptors (Lipinski definition) is 5. The number of carbonyl (C=O) groups excluding carboxylic acids is 1. The van der Waals surface area contributed by atoms with Gasteiger partial charge in [-0.25, -0.2) is 14.5 Å². The van der Waals surface area contributed by atoms with E-state index < -0.39 is 0 Å². The van der Waals surface area contributed by atoms with Crippen molar-refractivity contribution in [3.05, 3.63) is 29.0 Å². The molecule has 2 heterocycles. The molecule has 17 heavy (non-hydrogen) atoms. The van der Waals surface area contributed by atoms with Gasteiger partial charge >= 0.3 is 5.97 Å². The van der Waals surface area contributed by atoms with Crippen LogP contribution in [-0.2, 0) is 11.2 Å². The second kappa shape index (κ2) is 5.09. The predicted molar refractivity (Wildman–Crippen MR) is 64.6 cm³/mol. The third-order valence-electron chi connectivity index (χ3n) is 2.18. The highest BCUT2D eigenvalue weighted by molar-refractivity contribution is 7.14. The first-order chi connectivity index (χ1) is 8.24. The van der Waals surface area contributed by atoms with Crippen molar-refractivity contribution in [2.75, 3.05) is 6.61 Å². The van der Waals surface area contributed by atoms with Crippen LogP contribution in [0.3, 0.4) is 0 Å². The maximum absolute atomic E-state index is 11.5. The van der Waals surface area contributed by atoms with Crippen molar-refractivity contribution < 1.29 is 9.53 Å². The summed E-state index contributed by atoms with van der Waals surface area (Å²) < 4.78 is 6.49. The standard InChI is InChI=1S/C11H13N3O2S/c1-3-9-6-12-11(17-9)14-7-8(5-13-14)10(15)16-4-2/h5-7H,3-4H2,1-2H3. The first-order valence-corrected chi connectivity index (χ1v) is 6.23. The highest BCUT2D eigenvalue weighted by Crippen LogP contribution is 2.17. The fourth-order valence-corrected chi connectivity index (χ4v) is 2.10. The Morgan fingerprint density at radius 2 is 2.29 bits per heavy atom. The lowest BCUT2D eigenvalue weighted by molar-refractivity contribution is 0.0526. The van der Waals surface area contributed by atoms with Crippen LogP contribution in [0, 0.1) is 0 Å². The number of esters is 1. The van der Waals surface area contributed by atoms with Crippen LogP contribution < -0.4 is 0 Å². The van der Waals surface area contributed by atoms with Gasteiger partial charge in [0.25, 0.3) is 0 Å². The van der Waals surface area contributed by atoms with Crippen LogP contribution in [0.4, 0.5) is 0 Å². The van der Waals surface area contributed by atoms with Crippen LogP contribution in [-0.4, -0.2) is 27.3 Å². The number of nitrogens with zero attached hydrogens (tertiary/aromatic N) is 3. The van der Waals surface area contributed by atoms with Crippen molar-refractivity contribution in [2.24, 2.45) is 0 Å². The van der Waals surface area contributed by atoms with Crippen molar-refractivity contribution in [2.45, 2.75) is 20.3 Å². The van der Waals surface area contributed by atoms with Gasteiger partial charge < -0.3 is 4.74 Å². The number of hydrogen-bond donors (Lipinski definition) is 0. The van der Waals surface area contributed by atoms with Gasteiger partial charge in [-0.15, -0.1) is 0 Å². The second-order valence-electron chi connectivity index (χ2n) is 3.36. The first kappa shape index (κ1) is 11.8. The Balaban J connectivity index is 2.20. The first-order valence-electron chi connectivity index (χ1n) is 5.41. The zero-order chi connectivity index (χ0) is 12.3. The Bertz CT molecular complexity index is 518. The van der Waals surface area contributed by atoms with Crippen LogP contribution >= 0.6 is 11.3 Å². The van der Waals surface area contributed by atoms with E-state index in [1.165, 1.54) is 11.1 Å². The molecule has 0 amide bonds. The van der Waals surface area contributed by atoms with E-state index in [0.717, 1.165) is 11.6 Å². The van der Waals surface area contributed by atoms with Gasteiger partial charge in [0.2, 0.25) is 5.13 Å². The summed E-state index contributed by atoms with van der Waals surface area (Å²) in [5.41, 5.74) is 0.445. The average molecular weight is 251 g/mol. The van der Waals surface area contributed by atoms with E-state index >= 15 is 0 Å². The van der Waals surface area contributed by atoms with Crippen molar-refractivity contribution in [3.8, 4) is 5.13 Å². The number of aromatic nitrogens is 3. The minimum Gasteiger partial charge on any atom is -0.462 e. The molecule has 0 unspecified atom stereocenters. The van der Waals surface area contributed by atoms with Crippen LogP contribution in [0.25, 0.3) is 5.13 Å². The molecule has 0 aliphatic carbocycles. The molecule has 0 saturated heterocycles. The summed E-state index contributed by atoms with van der Waals surface area (Å²) in [4.78, 5) is 16.9. The summed E-state index contributed by atoms with van der Waals surface area (Å²) in [5.74, 6) is -0.356. The van der Waals surface area contributed by atoms with Crippen molar-refractivity contribution >= 4 is 17.3 Å². The third-order valence-corrected chi connectivity index (χ3v) is 3.31. The summed E-state index contributed by atoms with van der Waals surface area (Å²) in [7, 11) is 0. The SMILES string of the molecule is CCOC(=O)c1cnn(-c2ncc(CC)s2)c1. The van der Waals surface area contributed by atoms with E-state index in [4.69, 9.17) is 4.74 Å². The van der Waals surface area contributed by atoms with Crippen LogP contribution in [0.15, 0.2) is 18.6 Å². The molecule has 2 rings (SSSR count). The van der Waals surface area contributed by atoms with Gasteiger partial charge in [-0.2, -0.15) is 5.10 Å². The van der Waals surface area contributed by atoms with Crippen molar-refractivity contribution in [1.29, 1.82) is 0 Å². The maximum Gasteiger partial charge on any atom is 0.341 e. The molecule has 0 N–H and O–H groups in total. The topological polar surface area (TPSA) is 57.0 Å². The normalized spacial score (nSPS) is 10.5. The Morgan fingerprint density at radius 3 is 2.94 bits per heavy atom. The maximum atomic E-state index is 11.5. The smallest absolute Gasteiger partial charge is 0.341 e.